The number of hydrogen-bond donors (Lipinski definition) is 1. The van der Waals surface area contributed by atoms with Crippen molar-refractivity contribution in [1.29, 1.82) is 5.26 Å². The summed E-state index contributed by atoms with van der Waals surface area (Å²) >= 11 is 0. The molecule has 0 radical (unpaired) electrons. The van der Waals surface area contributed by atoms with Gasteiger partial charge in [-0.15, -0.1) is 0 Å². The third kappa shape index (κ3) is 3.71. The molecule has 1 aromatic rings. The second-order valence-electron chi connectivity index (χ2n) is 6.80. The van der Waals surface area contributed by atoms with E-state index in [1.165, 1.54) is 0 Å². The molecule has 0 bridgehead atoms. The maximum Gasteiger partial charge on any atom is 0.482 e. The number of ether oxygens (including phenoxy) is 1. The normalized spacial score (nSPS) is 19.4. The van der Waals surface area contributed by atoms with E-state index in [2.05, 4.69) is 11.4 Å². The summed E-state index contributed by atoms with van der Waals surface area (Å²) in [7, 11) is 0.896. The molecule has 0 unspecified atom stereocenters. The van der Waals surface area contributed by atoms with Crippen molar-refractivity contribution in [3.63, 3.8) is 0 Å². The summed E-state index contributed by atoms with van der Waals surface area (Å²) < 4.78 is 17.0. The number of benzene rings is 1. The largest absolute Gasteiger partial charge is 0.497 e. The van der Waals surface area contributed by atoms with Crippen LogP contribution in [0, 0.1) is 11.3 Å². The summed E-state index contributed by atoms with van der Waals surface area (Å²) in [5.41, 5.74) is -0.554. The molecule has 1 heterocycles. The van der Waals surface area contributed by atoms with Gasteiger partial charge in [-0.2, -0.15) is 5.26 Å². The summed E-state index contributed by atoms with van der Waals surface area (Å²) in [5, 5.41) is 11.9. The predicted molar refractivity (Wildman–Crippen MR) is 90.6 cm³/mol. The summed E-state index contributed by atoms with van der Waals surface area (Å²) in [6.45, 7) is 7.73. The highest BCUT2D eigenvalue weighted by atomic mass is 16.7. The van der Waals surface area contributed by atoms with Gasteiger partial charge in [-0.05, 0) is 52.0 Å². The molecule has 0 aromatic heterocycles. The Bertz CT molecular complexity index is 621. The molecule has 0 saturated carbocycles. The fourth-order valence-electron chi connectivity index (χ4n) is 2.36. The number of nitrogens with one attached hydrogen (secondary N) is 1. The molecule has 2 rings (SSSR count). The van der Waals surface area contributed by atoms with Crippen LogP contribution in [0.15, 0.2) is 24.3 Å². The first-order valence-corrected chi connectivity index (χ1v) is 7.87. The number of rotatable bonds is 5. The van der Waals surface area contributed by atoms with Crippen LogP contribution < -0.4 is 10.1 Å². The van der Waals surface area contributed by atoms with Gasteiger partial charge in [0.25, 0.3) is 5.91 Å². The topological polar surface area (TPSA) is 80.6 Å². The van der Waals surface area contributed by atoms with Crippen molar-refractivity contribution in [2.75, 3.05) is 7.11 Å². The Kier molecular flexibility index (Phi) is 5.21. The third-order valence-electron chi connectivity index (χ3n) is 4.58. The molecule has 1 fully saturated rings. The summed E-state index contributed by atoms with van der Waals surface area (Å²) in [5.74, 6) is -0.163. The van der Waals surface area contributed by atoms with Gasteiger partial charge >= 0.3 is 7.12 Å². The lowest BCUT2D eigenvalue weighted by molar-refractivity contribution is 0.00578. The maximum absolute atomic E-state index is 12.4. The molecule has 24 heavy (non-hydrogen) atoms. The highest BCUT2D eigenvalue weighted by molar-refractivity contribution is 6.48. The summed E-state index contributed by atoms with van der Waals surface area (Å²) in [6.07, 6.45) is 0.0960. The molecule has 1 amide bonds. The van der Waals surface area contributed by atoms with E-state index in [1.807, 2.05) is 27.7 Å². The van der Waals surface area contributed by atoms with Crippen molar-refractivity contribution in [2.45, 2.75) is 51.3 Å². The minimum Gasteiger partial charge on any atom is -0.497 e. The van der Waals surface area contributed by atoms with Crippen molar-refractivity contribution >= 4 is 13.0 Å². The second kappa shape index (κ2) is 6.84. The number of carbonyl (C=O) groups is 1. The van der Waals surface area contributed by atoms with E-state index in [0.717, 1.165) is 0 Å². The average molecular weight is 330 g/mol. The fourth-order valence-corrected chi connectivity index (χ4v) is 2.36. The molecule has 1 aromatic carbocycles. The number of methoxy groups -OCH3 is 1. The van der Waals surface area contributed by atoms with Crippen LogP contribution in [0.4, 0.5) is 0 Å². The van der Waals surface area contributed by atoms with Gasteiger partial charge in [-0.1, -0.05) is 0 Å². The van der Waals surface area contributed by atoms with Gasteiger partial charge in [0, 0.05) is 5.56 Å². The molecule has 1 atom stereocenters. The van der Waals surface area contributed by atoms with Gasteiger partial charge < -0.3 is 19.4 Å². The van der Waals surface area contributed by atoms with Crippen LogP contribution in [0.3, 0.4) is 0 Å². The van der Waals surface area contributed by atoms with Gasteiger partial charge in [-0.25, -0.2) is 0 Å². The molecule has 1 aliphatic rings. The Morgan fingerprint density at radius 1 is 1.25 bits per heavy atom. The first-order valence-electron chi connectivity index (χ1n) is 7.87. The van der Waals surface area contributed by atoms with Crippen LogP contribution >= 0.6 is 0 Å². The van der Waals surface area contributed by atoms with Crippen molar-refractivity contribution < 1.29 is 18.8 Å². The molecule has 128 valence electrons. The highest BCUT2D eigenvalue weighted by Crippen LogP contribution is 2.37. The van der Waals surface area contributed by atoms with Crippen LogP contribution in [-0.4, -0.2) is 37.3 Å². The zero-order valence-electron chi connectivity index (χ0n) is 14.8. The minimum atomic E-state index is -0.670. The number of carbonyl (C=O) groups excluding carboxylic acids is 1. The van der Waals surface area contributed by atoms with E-state index in [-0.39, 0.29) is 12.3 Å². The smallest absolute Gasteiger partial charge is 0.482 e. The Balaban J connectivity index is 2.11. The average Bonchev–Trinajstić information content (AvgIpc) is 2.75. The monoisotopic (exact) mass is 330 g/mol. The highest BCUT2D eigenvalue weighted by Gasteiger charge is 2.54. The van der Waals surface area contributed by atoms with E-state index in [9.17, 15) is 4.79 Å². The van der Waals surface area contributed by atoms with Crippen molar-refractivity contribution in [2.24, 2.45) is 0 Å². The van der Waals surface area contributed by atoms with Gasteiger partial charge in [0.15, 0.2) is 0 Å². The Morgan fingerprint density at radius 3 is 2.25 bits per heavy atom. The first kappa shape index (κ1) is 18.3. The van der Waals surface area contributed by atoms with Gasteiger partial charge in [0.2, 0.25) is 0 Å². The zero-order valence-corrected chi connectivity index (χ0v) is 14.8. The van der Waals surface area contributed by atoms with E-state index in [0.29, 0.717) is 11.3 Å². The van der Waals surface area contributed by atoms with Crippen LogP contribution in [-0.2, 0) is 9.31 Å². The van der Waals surface area contributed by atoms with E-state index < -0.39 is 24.3 Å². The van der Waals surface area contributed by atoms with Crippen LogP contribution in [0.5, 0.6) is 5.75 Å². The van der Waals surface area contributed by atoms with Crippen molar-refractivity contribution in [1.82, 2.24) is 5.32 Å². The second-order valence-corrected chi connectivity index (χ2v) is 6.80. The standard InChI is InChI=1S/C17H23BN2O4/c1-16(2)17(3,4)24-18(23-16)14(10-11-19)20-15(21)12-6-8-13(22-5)9-7-12/h6-9,14H,10H2,1-5H3,(H,20,21)/t14-/m1/s1. The maximum atomic E-state index is 12.4. The van der Waals surface area contributed by atoms with Gasteiger partial charge in [-0.3, -0.25) is 4.79 Å². The van der Waals surface area contributed by atoms with Gasteiger partial charge in [0.05, 0.1) is 36.7 Å². The molecule has 0 spiro atoms. The number of hydrogen-bond acceptors (Lipinski definition) is 5. The molecule has 1 N–H and O–H groups in total. The Morgan fingerprint density at radius 2 is 1.79 bits per heavy atom. The van der Waals surface area contributed by atoms with E-state index in [1.54, 1.807) is 31.4 Å². The fraction of sp³-hybridized carbons (Fsp3) is 0.529. The molecule has 1 saturated heterocycles. The summed E-state index contributed by atoms with van der Waals surface area (Å²) in [6, 6.07) is 8.84. The molecule has 0 aliphatic carbocycles. The Hall–Kier alpha value is -2.04. The zero-order chi connectivity index (χ0) is 18.0. The lowest BCUT2D eigenvalue weighted by Gasteiger charge is -2.32. The number of nitrogens with zero attached hydrogens (tertiary/aromatic N) is 1. The van der Waals surface area contributed by atoms with Crippen molar-refractivity contribution in [3.05, 3.63) is 29.8 Å². The van der Waals surface area contributed by atoms with Gasteiger partial charge in [0.1, 0.15) is 5.75 Å². The van der Waals surface area contributed by atoms with Crippen molar-refractivity contribution in [3.8, 4) is 11.8 Å². The third-order valence-corrected chi connectivity index (χ3v) is 4.58. The quantitative estimate of drug-likeness (QED) is 0.838. The Labute approximate surface area is 143 Å². The van der Waals surface area contributed by atoms with Crippen LogP contribution in [0.1, 0.15) is 44.5 Å². The molecule has 6 nitrogen and oxygen atoms in total. The van der Waals surface area contributed by atoms with Crippen LogP contribution in [0.25, 0.3) is 0 Å². The number of nitriles is 1. The molecular weight excluding hydrogens is 307 g/mol. The van der Waals surface area contributed by atoms with E-state index >= 15 is 0 Å². The SMILES string of the molecule is COc1ccc(C(=O)N[C@H](CC#N)B2OC(C)(C)C(C)(C)O2)cc1. The lowest BCUT2D eigenvalue weighted by atomic mass is 9.76. The molecule has 7 heteroatoms. The number of amides is 1. The molecular formula is C17H23BN2O4. The lowest BCUT2D eigenvalue weighted by Crippen LogP contribution is -2.47. The first-order chi connectivity index (χ1) is 11.2. The minimum absolute atomic E-state index is 0.0960. The predicted octanol–water partition coefficient (Wildman–Crippen LogP) is 2.34. The molecule has 1 aliphatic heterocycles. The summed E-state index contributed by atoms with van der Waals surface area (Å²) in [4.78, 5) is 12.4. The van der Waals surface area contributed by atoms with E-state index in [4.69, 9.17) is 19.3 Å². The van der Waals surface area contributed by atoms with Crippen LogP contribution in [0.2, 0.25) is 0 Å².